The Bertz CT molecular complexity index is 441. The maximum atomic E-state index is 12.2. The summed E-state index contributed by atoms with van der Waals surface area (Å²) in [7, 11) is 0. The molecule has 120 valence electrons. The van der Waals surface area contributed by atoms with Crippen LogP contribution < -0.4 is 5.32 Å². The van der Waals surface area contributed by atoms with Crippen LogP contribution in [-0.4, -0.2) is 41.1 Å². The van der Waals surface area contributed by atoms with Crippen molar-refractivity contribution in [3.05, 3.63) is 11.6 Å². The van der Waals surface area contributed by atoms with E-state index in [1.807, 2.05) is 0 Å². The zero-order valence-electron chi connectivity index (χ0n) is 14.0. The first-order valence-corrected chi connectivity index (χ1v) is 7.40. The lowest BCUT2D eigenvalue weighted by atomic mass is 9.83. The lowest BCUT2D eigenvalue weighted by molar-refractivity contribution is -0.142. The van der Waals surface area contributed by atoms with Crippen LogP contribution in [-0.2, 0) is 4.79 Å². The zero-order valence-corrected chi connectivity index (χ0v) is 14.0. The number of aliphatic carboxylic acids is 1. The van der Waals surface area contributed by atoms with Crippen LogP contribution in [0.25, 0.3) is 0 Å². The second kappa shape index (κ2) is 6.08. The molecule has 1 heterocycles. The van der Waals surface area contributed by atoms with E-state index >= 15 is 0 Å². The molecule has 0 saturated heterocycles. The second-order valence-corrected chi connectivity index (χ2v) is 7.76. The molecule has 2 N–H and O–H groups in total. The van der Waals surface area contributed by atoms with Gasteiger partial charge in [0, 0.05) is 13.1 Å². The molecular weight excluding hydrogens is 268 g/mol. The van der Waals surface area contributed by atoms with Crippen LogP contribution in [0.15, 0.2) is 11.6 Å². The lowest BCUT2D eigenvalue weighted by Gasteiger charge is -2.34. The van der Waals surface area contributed by atoms with Gasteiger partial charge in [-0.05, 0) is 17.3 Å². The number of hydrogen-bond acceptors (Lipinski definition) is 2. The Kier molecular flexibility index (Phi) is 5.07. The minimum atomic E-state index is -1.00. The van der Waals surface area contributed by atoms with Crippen molar-refractivity contribution >= 4 is 12.0 Å². The highest BCUT2D eigenvalue weighted by molar-refractivity contribution is 5.83. The molecule has 1 rings (SSSR count). The Hall–Kier alpha value is -1.52. The van der Waals surface area contributed by atoms with Crippen LogP contribution in [0, 0.1) is 10.8 Å². The minimum absolute atomic E-state index is 0.123. The number of carboxylic acids is 1. The third-order valence-corrected chi connectivity index (χ3v) is 3.84. The summed E-state index contributed by atoms with van der Waals surface area (Å²) in [4.78, 5) is 25.2. The predicted molar refractivity (Wildman–Crippen MR) is 83.1 cm³/mol. The Labute approximate surface area is 127 Å². The topological polar surface area (TPSA) is 69.6 Å². The fourth-order valence-corrected chi connectivity index (χ4v) is 2.40. The lowest BCUT2D eigenvalue weighted by Crippen LogP contribution is -2.54. The number of urea groups is 1. The average molecular weight is 296 g/mol. The molecule has 5 heteroatoms. The molecule has 0 aromatic rings. The summed E-state index contributed by atoms with van der Waals surface area (Å²) in [5, 5.41) is 11.9. The van der Waals surface area contributed by atoms with Crippen molar-refractivity contribution in [1.29, 1.82) is 0 Å². The summed E-state index contributed by atoms with van der Waals surface area (Å²) in [6, 6.07) is -1.19. The first-order valence-electron chi connectivity index (χ1n) is 7.40. The molecule has 0 radical (unpaired) electrons. The Morgan fingerprint density at radius 3 is 2.14 bits per heavy atom. The van der Waals surface area contributed by atoms with E-state index in [1.54, 1.807) is 25.7 Å². The number of rotatable bonds is 2. The number of carbonyl (C=O) groups excluding carboxylic acids is 1. The first kappa shape index (κ1) is 17.5. The van der Waals surface area contributed by atoms with Gasteiger partial charge in [0.25, 0.3) is 0 Å². The molecule has 1 atom stereocenters. The third kappa shape index (κ3) is 4.76. The molecule has 0 saturated carbocycles. The predicted octanol–water partition coefficient (Wildman–Crippen LogP) is 2.87. The molecule has 0 aliphatic carbocycles. The van der Waals surface area contributed by atoms with Crippen LogP contribution in [0.2, 0.25) is 0 Å². The monoisotopic (exact) mass is 296 g/mol. The highest BCUT2D eigenvalue weighted by Crippen LogP contribution is 2.30. The summed E-state index contributed by atoms with van der Waals surface area (Å²) >= 11 is 0. The molecule has 5 nitrogen and oxygen atoms in total. The van der Waals surface area contributed by atoms with Crippen molar-refractivity contribution in [1.82, 2.24) is 10.2 Å². The molecule has 0 fully saturated rings. The third-order valence-electron chi connectivity index (χ3n) is 3.84. The highest BCUT2D eigenvalue weighted by atomic mass is 16.4. The van der Waals surface area contributed by atoms with Crippen LogP contribution in [0.3, 0.4) is 0 Å². The van der Waals surface area contributed by atoms with Crippen LogP contribution in [0.1, 0.15) is 48.0 Å². The maximum absolute atomic E-state index is 12.2. The normalized spacial score (nSPS) is 18.0. The van der Waals surface area contributed by atoms with Gasteiger partial charge in [-0.15, -0.1) is 0 Å². The van der Waals surface area contributed by atoms with E-state index in [4.69, 9.17) is 0 Å². The van der Waals surface area contributed by atoms with Crippen molar-refractivity contribution in [2.24, 2.45) is 10.8 Å². The maximum Gasteiger partial charge on any atom is 0.326 e. The van der Waals surface area contributed by atoms with Crippen molar-refractivity contribution in [2.75, 3.05) is 13.1 Å². The minimum Gasteiger partial charge on any atom is -0.480 e. The van der Waals surface area contributed by atoms with Crippen LogP contribution >= 0.6 is 0 Å². The van der Waals surface area contributed by atoms with Gasteiger partial charge in [-0.25, -0.2) is 9.59 Å². The summed E-state index contributed by atoms with van der Waals surface area (Å²) in [6.45, 7) is 13.1. The highest BCUT2D eigenvalue weighted by Gasteiger charge is 2.34. The second-order valence-electron chi connectivity index (χ2n) is 7.76. The molecule has 2 amide bonds. The number of amides is 2. The molecule has 0 spiro atoms. The average Bonchev–Trinajstić information content (AvgIpc) is 2.33. The van der Waals surface area contributed by atoms with E-state index in [-0.39, 0.29) is 11.4 Å². The molecule has 0 unspecified atom stereocenters. The number of nitrogens with zero attached hydrogens (tertiary/aromatic N) is 1. The van der Waals surface area contributed by atoms with E-state index in [9.17, 15) is 14.7 Å². The van der Waals surface area contributed by atoms with E-state index in [2.05, 4.69) is 32.2 Å². The standard InChI is InChI=1S/C16H28N2O3/c1-15(2,3)11-7-9-18(10-8-11)14(21)17-12(13(19)20)16(4,5)6/h7,12H,8-10H2,1-6H3,(H,17,21)(H,19,20)/t12-/m1/s1. The van der Waals surface area contributed by atoms with Crippen molar-refractivity contribution in [2.45, 2.75) is 54.0 Å². The Balaban J connectivity index is 2.70. The summed E-state index contributed by atoms with van der Waals surface area (Å²) in [6.07, 6.45) is 2.92. The Morgan fingerprint density at radius 2 is 1.81 bits per heavy atom. The molecule has 0 aromatic heterocycles. The van der Waals surface area contributed by atoms with Gasteiger partial charge in [-0.2, -0.15) is 0 Å². The largest absolute Gasteiger partial charge is 0.480 e. The fraction of sp³-hybridized carbons (Fsp3) is 0.750. The fourth-order valence-electron chi connectivity index (χ4n) is 2.40. The van der Waals surface area contributed by atoms with Gasteiger partial charge in [0.05, 0.1) is 0 Å². The van der Waals surface area contributed by atoms with Crippen molar-refractivity contribution in [3.63, 3.8) is 0 Å². The summed E-state index contributed by atoms with van der Waals surface area (Å²) in [5.41, 5.74) is 0.943. The van der Waals surface area contributed by atoms with Gasteiger partial charge in [0.15, 0.2) is 0 Å². The van der Waals surface area contributed by atoms with Gasteiger partial charge < -0.3 is 15.3 Å². The van der Waals surface area contributed by atoms with Gasteiger partial charge in [-0.1, -0.05) is 53.2 Å². The van der Waals surface area contributed by atoms with E-state index in [1.165, 1.54) is 5.57 Å². The molecule has 21 heavy (non-hydrogen) atoms. The van der Waals surface area contributed by atoms with Crippen molar-refractivity contribution < 1.29 is 14.7 Å². The molecular formula is C16H28N2O3. The summed E-state index contributed by atoms with van der Waals surface area (Å²) in [5.74, 6) is -1.00. The smallest absolute Gasteiger partial charge is 0.326 e. The molecule has 1 aliphatic rings. The quantitative estimate of drug-likeness (QED) is 0.770. The van der Waals surface area contributed by atoms with Crippen LogP contribution in [0.4, 0.5) is 4.79 Å². The number of carbonyl (C=O) groups is 2. The first-order chi connectivity index (χ1) is 9.43. The number of carboxylic acid groups (broad SMARTS) is 1. The molecule has 0 bridgehead atoms. The van der Waals surface area contributed by atoms with Gasteiger partial charge in [-0.3, -0.25) is 0 Å². The van der Waals surface area contributed by atoms with E-state index in [0.29, 0.717) is 13.1 Å². The molecule has 1 aliphatic heterocycles. The van der Waals surface area contributed by atoms with Crippen molar-refractivity contribution in [3.8, 4) is 0 Å². The van der Waals surface area contributed by atoms with Gasteiger partial charge in [0.2, 0.25) is 0 Å². The van der Waals surface area contributed by atoms with Gasteiger partial charge >= 0.3 is 12.0 Å². The summed E-state index contributed by atoms with van der Waals surface area (Å²) < 4.78 is 0. The zero-order chi connectivity index (χ0) is 16.4. The van der Waals surface area contributed by atoms with E-state index < -0.39 is 17.4 Å². The Morgan fingerprint density at radius 1 is 1.24 bits per heavy atom. The number of nitrogens with one attached hydrogen (secondary N) is 1. The van der Waals surface area contributed by atoms with E-state index in [0.717, 1.165) is 6.42 Å². The van der Waals surface area contributed by atoms with Crippen LogP contribution in [0.5, 0.6) is 0 Å². The molecule has 0 aromatic carbocycles. The van der Waals surface area contributed by atoms with Gasteiger partial charge in [0.1, 0.15) is 6.04 Å². The number of hydrogen-bond donors (Lipinski definition) is 2. The SMILES string of the molecule is CC(C)(C)C1=CCN(C(=O)N[C@H](C(=O)O)C(C)(C)C)CC1.